The van der Waals surface area contributed by atoms with Crippen molar-refractivity contribution in [2.75, 3.05) is 49.4 Å². The van der Waals surface area contributed by atoms with Crippen LogP contribution in [0.2, 0.25) is 0 Å². The molecular formula is C54H84O9S2. The molecule has 4 atom stereocenters. The van der Waals surface area contributed by atoms with Crippen LogP contribution in [0.3, 0.4) is 0 Å². The molecule has 0 bridgehead atoms. The molecular weight excluding hydrogens is 857 g/mol. The van der Waals surface area contributed by atoms with E-state index in [-0.39, 0.29) is 59.0 Å². The molecule has 0 radical (unpaired) electrons. The van der Waals surface area contributed by atoms with Crippen molar-refractivity contribution < 1.29 is 45.5 Å². The molecule has 0 aliphatic rings. The third-order valence-corrected chi connectivity index (χ3v) is 15.2. The van der Waals surface area contributed by atoms with Crippen LogP contribution >= 0.6 is 11.8 Å². The number of unbranched alkanes of at least 4 members (excludes halogenated alkanes) is 4. The Morgan fingerprint density at radius 1 is 0.446 bits per heavy atom. The maximum atomic E-state index is 12.4. The Morgan fingerprint density at radius 2 is 0.692 bits per heavy atom. The van der Waals surface area contributed by atoms with Gasteiger partial charge < -0.3 is 36.5 Å². The minimum atomic E-state index is -0.833. The first-order valence-corrected chi connectivity index (χ1v) is 25.6. The van der Waals surface area contributed by atoms with Gasteiger partial charge in [0, 0.05) is 50.9 Å². The standard InChI is InChI=1S/C26H38O3S.C26H38O2S.C2H4O2.2H2O/c1-25(21-27,23-13-5-3-6-14-23)17-9-11-19-30(29)20-12-10-18-26(2,22-28)24-15-7-4-8-16-24;1-25(21-27,23-13-6-3-7-14-23)17-10-5-11-19-29-20-12-18-26(2,22-28)24-15-8-4-9-16-24;1-2(3)4;;/h3-8,13-16,27-28H,9-12,17-22H2,1-2H3;3-4,6-9,13-16,27-28H,5,10-12,17-22H2,1-2H3;1H3,(H,3,4);2*1H2. The number of carbonyl (C=O) groups is 1. The zero-order valence-corrected chi connectivity index (χ0v) is 41.7. The second-order valence-electron chi connectivity index (χ2n) is 18.1. The van der Waals surface area contributed by atoms with E-state index in [2.05, 4.69) is 100 Å². The van der Waals surface area contributed by atoms with Gasteiger partial charge in [-0.2, -0.15) is 11.8 Å². The molecule has 9 N–H and O–H groups in total. The van der Waals surface area contributed by atoms with Crippen molar-refractivity contribution in [1.82, 2.24) is 0 Å². The number of carboxylic acid groups (broad SMARTS) is 1. The monoisotopic (exact) mass is 941 g/mol. The highest BCUT2D eigenvalue weighted by Crippen LogP contribution is 2.32. The summed E-state index contributed by atoms with van der Waals surface area (Å²) in [5.41, 5.74) is 4.09. The number of aliphatic hydroxyl groups excluding tert-OH is 4. The highest BCUT2D eigenvalue weighted by atomic mass is 32.2. The molecule has 0 aromatic heterocycles. The van der Waals surface area contributed by atoms with Gasteiger partial charge in [-0.25, -0.2) is 0 Å². The van der Waals surface area contributed by atoms with E-state index in [1.807, 2.05) is 60.3 Å². The topological polar surface area (TPSA) is 198 Å². The lowest BCUT2D eigenvalue weighted by Crippen LogP contribution is -2.27. The van der Waals surface area contributed by atoms with E-state index in [1.54, 1.807) is 0 Å². The third kappa shape index (κ3) is 23.3. The first-order chi connectivity index (χ1) is 30.2. The molecule has 9 nitrogen and oxygen atoms in total. The zero-order chi connectivity index (χ0) is 46.5. The number of carboxylic acids is 1. The minimum absolute atomic E-state index is 0. The Labute approximate surface area is 398 Å². The van der Waals surface area contributed by atoms with E-state index in [9.17, 15) is 24.6 Å². The highest BCUT2D eigenvalue weighted by molar-refractivity contribution is 7.99. The summed E-state index contributed by atoms with van der Waals surface area (Å²) in [6.07, 6.45) is 12.4. The SMILES string of the molecule is CC(=O)O.CC(CO)(CCCCCSCCCC(C)(CO)c1ccccc1)c1ccccc1.CC(CO)(CCCCS(=O)CCCCC(C)(CO)c1ccccc1)c1ccccc1.O.O. The Kier molecular flexibility index (Phi) is 32.2. The normalized spacial score (nSPS) is 15.0. The summed E-state index contributed by atoms with van der Waals surface area (Å²) < 4.78 is 12.4. The molecule has 4 aromatic carbocycles. The van der Waals surface area contributed by atoms with Crippen LogP contribution in [0.25, 0.3) is 0 Å². The number of hydrogen-bond acceptors (Lipinski definition) is 7. The van der Waals surface area contributed by atoms with Crippen LogP contribution in [0.5, 0.6) is 0 Å². The van der Waals surface area contributed by atoms with Gasteiger partial charge in [-0.1, -0.05) is 175 Å². The first-order valence-electron chi connectivity index (χ1n) is 23.0. The molecule has 0 aliphatic carbocycles. The van der Waals surface area contributed by atoms with Crippen molar-refractivity contribution in [2.24, 2.45) is 0 Å². The fourth-order valence-electron chi connectivity index (χ4n) is 7.84. The van der Waals surface area contributed by atoms with Crippen molar-refractivity contribution in [3.8, 4) is 0 Å². The average molecular weight is 941 g/mol. The molecule has 4 aromatic rings. The van der Waals surface area contributed by atoms with Crippen molar-refractivity contribution in [3.05, 3.63) is 144 Å². The largest absolute Gasteiger partial charge is 0.481 e. The molecule has 0 amide bonds. The van der Waals surface area contributed by atoms with Crippen LogP contribution in [0.15, 0.2) is 121 Å². The van der Waals surface area contributed by atoms with Crippen LogP contribution in [-0.2, 0) is 37.3 Å². The van der Waals surface area contributed by atoms with Gasteiger partial charge in [-0.05, 0) is 85.1 Å². The number of benzene rings is 4. The Morgan fingerprint density at radius 3 is 0.969 bits per heavy atom. The quantitative estimate of drug-likeness (QED) is 0.0347. The van der Waals surface area contributed by atoms with E-state index in [0.29, 0.717) is 0 Å². The number of thioether (sulfide) groups is 1. The fourth-order valence-corrected chi connectivity index (χ4v) is 10.1. The smallest absolute Gasteiger partial charge is 0.300 e. The zero-order valence-electron chi connectivity index (χ0n) is 40.1. The van der Waals surface area contributed by atoms with Crippen LogP contribution in [-0.4, -0.2) is 96.1 Å². The minimum Gasteiger partial charge on any atom is -0.481 e. The van der Waals surface area contributed by atoms with E-state index in [0.717, 1.165) is 88.4 Å². The average Bonchev–Trinajstić information content (AvgIpc) is 3.32. The van der Waals surface area contributed by atoms with Crippen LogP contribution < -0.4 is 0 Å². The van der Waals surface area contributed by atoms with Crippen LogP contribution in [0, 0.1) is 0 Å². The lowest BCUT2D eigenvalue weighted by atomic mass is 9.79. The lowest BCUT2D eigenvalue weighted by Gasteiger charge is -2.28. The number of aliphatic carboxylic acids is 1. The molecule has 4 rings (SSSR count). The van der Waals surface area contributed by atoms with Crippen molar-refractivity contribution in [1.29, 1.82) is 0 Å². The van der Waals surface area contributed by atoms with E-state index < -0.39 is 16.8 Å². The summed E-state index contributed by atoms with van der Waals surface area (Å²) in [6.45, 7) is 10.3. The van der Waals surface area contributed by atoms with Gasteiger partial charge in [-0.3, -0.25) is 9.00 Å². The van der Waals surface area contributed by atoms with E-state index >= 15 is 0 Å². The van der Waals surface area contributed by atoms with Gasteiger partial charge >= 0.3 is 0 Å². The highest BCUT2D eigenvalue weighted by Gasteiger charge is 2.28. The molecule has 0 aliphatic heterocycles. The molecule has 4 unspecified atom stereocenters. The van der Waals surface area contributed by atoms with Gasteiger partial charge in [0.15, 0.2) is 0 Å². The Bertz CT molecular complexity index is 1660. The number of rotatable bonds is 28. The van der Waals surface area contributed by atoms with Gasteiger partial charge in [0.25, 0.3) is 5.97 Å². The molecule has 366 valence electrons. The van der Waals surface area contributed by atoms with E-state index in [1.165, 1.54) is 40.8 Å². The Hall–Kier alpha value is -3.39. The third-order valence-electron chi connectivity index (χ3n) is 12.5. The molecule has 0 spiro atoms. The summed E-state index contributed by atoms with van der Waals surface area (Å²) in [6, 6.07) is 41.1. The molecule has 65 heavy (non-hydrogen) atoms. The summed E-state index contributed by atoms with van der Waals surface area (Å²) in [4.78, 5) is 9.00. The second kappa shape index (κ2) is 34.0. The molecule has 0 fully saturated rings. The molecule has 0 saturated heterocycles. The van der Waals surface area contributed by atoms with Gasteiger partial charge in [-0.15, -0.1) is 0 Å². The maximum absolute atomic E-state index is 12.4. The van der Waals surface area contributed by atoms with Crippen molar-refractivity contribution in [3.63, 3.8) is 0 Å². The van der Waals surface area contributed by atoms with Crippen LogP contribution in [0.4, 0.5) is 0 Å². The number of hydrogen-bond donors (Lipinski definition) is 5. The van der Waals surface area contributed by atoms with Crippen molar-refractivity contribution >= 4 is 28.5 Å². The molecule has 11 heteroatoms. The summed E-state index contributed by atoms with van der Waals surface area (Å²) >= 11 is 2.03. The van der Waals surface area contributed by atoms with Gasteiger partial charge in [0.1, 0.15) is 0 Å². The molecule has 0 saturated carbocycles. The summed E-state index contributed by atoms with van der Waals surface area (Å²) in [5, 5.41) is 46.9. The maximum Gasteiger partial charge on any atom is 0.300 e. The fraction of sp³-hybridized carbons (Fsp3) is 0.537. The predicted molar refractivity (Wildman–Crippen MR) is 275 cm³/mol. The van der Waals surface area contributed by atoms with Crippen molar-refractivity contribution in [2.45, 2.75) is 133 Å². The lowest BCUT2D eigenvalue weighted by molar-refractivity contribution is -0.134. The van der Waals surface area contributed by atoms with Gasteiger partial charge in [0.2, 0.25) is 0 Å². The summed E-state index contributed by atoms with van der Waals surface area (Å²) in [7, 11) is -0.794. The first kappa shape index (κ1) is 61.6. The predicted octanol–water partition coefficient (Wildman–Crippen LogP) is 9.38. The summed E-state index contributed by atoms with van der Waals surface area (Å²) in [5.74, 6) is 2.97. The van der Waals surface area contributed by atoms with Gasteiger partial charge in [0.05, 0.1) is 26.4 Å². The van der Waals surface area contributed by atoms with E-state index in [4.69, 9.17) is 9.90 Å². The molecule has 0 heterocycles. The second-order valence-corrected chi connectivity index (χ2v) is 21.1. The number of aliphatic hydroxyl groups is 4. The van der Waals surface area contributed by atoms with Crippen LogP contribution in [0.1, 0.15) is 134 Å². The Balaban J connectivity index is 0.00000113.